The molecule has 1 aromatic rings. The van der Waals surface area contributed by atoms with Crippen LogP contribution in [0, 0.1) is 6.92 Å². The molecule has 0 atom stereocenters. The Labute approximate surface area is 96.2 Å². The van der Waals surface area contributed by atoms with Crippen molar-refractivity contribution in [3.63, 3.8) is 0 Å². The van der Waals surface area contributed by atoms with Gasteiger partial charge < -0.3 is 10.7 Å². The minimum Gasteiger partial charge on any atom is -0.352 e. The fourth-order valence-corrected chi connectivity index (χ4v) is 1.48. The van der Waals surface area contributed by atoms with E-state index in [-0.39, 0.29) is 5.91 Å². The van der Waals surface area contributed by atoms with Crippen LogP contribution in [-0.4, -0.2) is 12.5 Å². The van der Waals surface area contributed by atoms with Crippen molar-refractivity contribution in [3.8, 4) is 0 Å². The third kappa shape index (κ3) is 3.24. The molecule has 0 spiro atoms. The molecule has 4 nitrogen and oxygen atoms in total. The Morgan fingerprint density at radius 1 is 1.44 bits per heavy atom. The van der Waals surface area contributed by atoms with Gasteiger partial charge in [-0.3, -0.25) is 10.6 Å². The number of benzene rings is 1. The second kappa shape index (κ2) is 6.12. The summed E-state index contributed by atoms with van der Waals surface area (Å²) >= 11 is 0. The first-order valence-corrected chi connectivity index (χ1v) is 5.54. The lowest BCUT2D eigenvalue weighted by molar-refractivity contribution is 0.0952. The van der Waals surface area contributed by atoms with Gasteiger partial charge in [0.1, 0.15) is 0 Å². The van der Waals surface area contributed by atoms with Gasteiger partial charge in [0, 0.05) is 17.8 Å². The number of hydrogen-bond donors (Lipinski definition) is 3. The standard InChI is InChI=1S/C12H19N3O/c1-3-4-7-14-12(16)11-6-5-10(15-13)8-9(11)2/h5-6,8,15H,3-4,7,13H2,1-2H3,(H,14,16). The normalized spacial score (nSPS) is 9.94. The molecule has 1 rings (SSSR count). The van der Waals surface area contributed by atoms with Crippen LogP contribution >= 0.6 is 0 Å². The summed E-state index contributed by atoms with van der Waals surface area (Å²) in [6.07, 6.45) is 2.09. The molecule has 0 saturated carbocycles. The molecule has 4 N–H and O–H groups in total. The van der Waals surface area contributed by atoms with Gasteiger partial charge in [-0.25, -0.2) is 0 Å². The van der Waals surface area contributed by atoms with Crippen molar-refractivity contribution in [1.82, 2.24) is 5.32 Å². The monoisotopic (exact) mass is 221 g/mol. The maximum atomic E-state index is 11.8. The number of carbonyl (C=O) groups excluding carboxylic acids is 1. The van der Waals surface area contributed by atoms with Crippen molar-refractivity contribution in [1.29, 1.82) is 0 Å². The average molecular weight is 221 g/mol. The van der Waals surface area contributed by atoms with E-state index >= 15 is 0 Å². The summed E-state index contributed by atoms with van der Waals surface area (Å²) in [4.78, 5) is 11.8. The van der Waals surface area contributed by atoms with Crippen LogP contribution in [0.5, 0.6) is 0 Å². The third-order valence-corrected chi connectivity index (χ3v) is 2.45. The predicted molar refractivity (Wildman–Crippen MR) is 66.2 cm³/mol. The van der Waals surface area contributed by atoms with Gasteiger partial charge in [0.05, 0.1) is 0 Å². The van der Waals surface area contributed by atoms with Crippen LogP contribution < -0.4 is 16.6 Å². The van der Waals surface area contributed by atoms with E-state index in [1.807, 2.05) is 13.0 Å². The number of rotatable bonds is 5. The molecular weight excluding hydrogens is 202 g/mol. The van der Waals surface area contributed by atoms with E-state index in [0.717, 1.165) is 30.6 Å². The second-order valence-corrected chi connectivity index (χ2v) is 3.78. The number of hydrogen-bond acceptors (Lipinski definition) is 3. The van der Waals surface area contributed by atoms with Crippen molar-refractivity contribution in [3.05, 3.63) is 29.3 Å². The number of amides is 1. The molecule has 0 aromatic heterocycles. The van der Waals surface area contributed by atoms with Crippen LogP contribution in [0.4, 0.5) is 5.69 Å². The molecule has 0 aliphatic heterocycles. The summed E-state index contributed by atoms with van der Waals surface area (Å²) in [5.41, 5.74) is 4.99. The second-order valence-electron chi connectivity index (χ2n) is 3.78. The number of nitrogens with one attached hydrogen (secondary N) is 2. The molecule has 1 aromatic carbocycles. The molecular formula is C12H19N3O. The van der Waals surface area contributed by atoms with Gasteiger partial charge in [0.15, 0.2) is 0 Å². The number of unbranched alkanes of at least 4 members (excludes halogenated alkanes) is 1. The first kappa shape index (κ1) is 12.5. The van der Waals surface area contributed by atoms with Crippen molar-refractivity contribution in [2.24, 2.45) is 5.84 Å². The maximum absolute atomic E-state index is 11.8. The maximum Gasteiger partial charge on any atom is 0.251 e. The van der Waals surface area contributed by atoms with Crippen LogP contribution in [0.3, 0.4) is 0 Å². The minimum absolute atomic E-state index is 0.0190. The molecule has 0 saturated heterocycles. The fraction of sp³-hybridized carbons (Fsp3) is 0.417. The molecule has 0 radical (unpaired) electrons. The highest BCUT2D eigenvalue weighted by Gasteiger charge is 2.08. The van der Waals surface area contributed by atoms with Gasteiger partial charge >= 0.3 is 0 Å². The molecule has 4 heteroatoms. The Hall–Kier alpha value is -1.55. The number of anilines is 1. The van der Waals surface area contributed by atoms with Gasteiger partial charge in [0.25, 0.3) is 5.91 Å². The third-order valence-electron chi connectivity index (χ3n) is 2.45. The molecule has 1 amide bonds. The van der Waals surface area contributed by atoms with E-state index in [0.29, 0.717) is 5.56 Å². The summed E-state index contributed by atoms with van der Waals surface area (Å²) in [6, 6.07) is 5.43. The van der Waals surface area contributed by atoms with Crippen LogP contribution in [0.1, 0.15) is 35.7 Å². The molecule has 0 aliphatic rings. The lowest BCUT2D eigenvalue weighted by Crippen LogP contribution is -2.25. The highest BCUT2D eigenvalue weighted by atomic mass is 16.1. The Balaban J connectivity index is 2.68. The van der Waals surface area contributed by atoms with Gasteiger partial charge in [-0.1, -0.05) is 13.3 Å². The largest absolute Gasteiger partial charge is 0.352 e. The van der Waals surface area contributed by atoms with Crippen molar-refractivity contribution in [2.45, 2.75) is 26.7 Å². The van der Waals surface area contributed by atoms with Crippen molar-refractivity contribution in [2.75, 3.05) is 12.0 Å². The molecule has 0 fully saturated rings. The van der Waals surface area contributed by atoms with E-state index in [1.54, 1.807) is 12.1 Å². The highest BCUT2D eigenvalue weighted by Crippen LogP contribution is 2.14. The van der Waals surface area contributed by atoms with E-state index in [2.05, 4.69) is 17.7 Å². The number of nitrogen functional groups attached to an aromatic ring is 1. The summed E-state index contributed by atoms with van der Waals surface area (Å²) in [7, 11) is 0. The fourth-order valence-electron chi connectivity index (χ4n) is 1.48. The van der Waals surface area contributed by atoms with Crippen LogP contribution in [0.25, 0.3) is 0 Å². The van der Waals surface area contributed by atoms with E-state index in [4.69, 9.17) is 5.84 Å². The smallest absolute Gasteiger partial charge is 0.251 e. The summed E-state index contributed by atoms with van der Waals surface area (Å²) in [5, 5.41) is 2.89. The number of carbonyl (C=O) groups is 1. The number of hydrazine groups is 1. The van der Waals surface area contributed by atoms with Gasteiger partial charge in [-0.05, 0) is 37.1 Å². The molecule has 0 aliphatic carbocycles. The SMILES string of the molecule is CCCCNC(=O)c1ccc(NN)cc1C. The first-order valence-electron chi connectivity index (χ1n) is 5.54. The van der Waals surface area contributed by atoms with E-state index in [1.165, 1.54) is 0 Å². The molecule has 16 heavy (non-hydrogen) atoms. The molecule has 88 valence electrons. The van der Waals surface area contributed by atoms with Crippen LogP contribution in [-0.2, 0) is 0 Å². The highest BCUT2D eigenvalue weighted by molar-refractivity contribution is 5.96. The van der Waals surface area contributed by atoms with Gasteiger partial charge in [-0.2, -0.15) is 0 Å². The Kier molecular flexibility index (Phi) is 4.79. The zero-order chi connectivity index (χ0) is 12.0. The Morgan fingerprint density at radius 3 is 2.75 bits per heavy atom. The molecule has 0 heterocycles. The first-order chi connectivity index (χ1) is 7.69. The molecule has 0 bridgehead atoms. The average Bonchev–Trinajstić information content (AvgIpc) is 2.29. The predicted octanol–water partition coefficient (Wildman–Crippen LogP) is 1.81. The molecule has 0 unspecified atom stereocenters. The van der Waals surface area contributed by atoms with E-state index < -0.39 is 0 Å². The Bertz CT molecular complexity index is 363. The summed E-state index contributed by atoms with van der Waals surface area (Å²) in [6.45, 7) is 4.72. The lowest BCUT2D eigenvalue weighted by atomic mass is 10.1. The van der Waals surface area contributed by atoms with Crippen molar-refractivity contribution < 1.29 is 4.79 Å². The number of aryl methyl sites for hydroxylation is 1. The van der Waals surface area contributed by atoms with Gasteiger partial charge in [-0.15, -0.1) is 0 Å². The zero-order valence-corrected chi connectivity index (χ0v) is 9.84. The summed E-state index contributed by atoms with van der Waals surface area (Å²) in [5.74, 6) is 5.27. The summed E-state index contributed by atoms with van der Waals surface area (Å²) < 4.78 is 0. The van der Waals surface area contributed by atoms with Crippen LogP contribution in [0.2, 0.25) is 0 Å². The van der Waals surface area contributed by atoms with Crippen molar-refractivity contribution >= 4 is 11.6 Å². The number of nitrogens with two attached hydrogens (primary N) is 1. The topological polar surface area (TPSA) is 67.2 Å². The van der Waals surface area contributed by atoms with E-state index in [9.17, 15) is 4.79 Å². The van der Waals surface area contributed by atoms with Crippen LogP contribution in [0.15, 0.2) is 18.2 Å². The van der Waals surface area contributed by atoms with Gasteiger partial charge in [0.2, 0.25) is 0 Å². The minimum atomic E-state index is -0.0190. The lowest BCUT2D eigenvalue weighted by Gasteiger charge is -2.08. The Morgan fingerprint density at radius 2 is 2.19 bits per heavy atom. The zero-order valence-electron chi connectivity index (χ0n) is 9.84. The quantitative estimate of drug-likeness (QED) is 0.403.